The summed E-state index contributed by atoms with van der Waals surface area (Å²) >= 11 is 1.61. The second-order valence-electron chi connectivity index (χ2n) is 7.25. The van der Waals surface area contributed by atoms with Crippen LogP contribution in [0, 0.1) is 6.92 Å². The van der Waals surface area contributed by atoms with Gasteiger partial charge in [0.15, 0.2) is 11.0 Å². The Morgan fingerprint density at radius 3 is 2.57 bits per heavy atom. The molecule has 0 amide bonds. The highest BCUT2D eigenvalue weighted by Crippen LogP contribution is 2.33. The van der Waals surface area contributed by atoms with Crippen LogP contribution in [0.3, 0.4) is 0 Å². The van der Waals surface area contributed by atoms with E-state index < -0.39 is 0 Å². The van der Waals surface area contributed by atoms with Gasteiger partial charge in [0.05, 0.1) is 18.3 Å². The molecule has 1 atom stereocenters. The number of piperidine rings is 1. The van der Waals surface area contributed by atoms with Crippen molar-refractivity contribution in [2.75, 3.05) is 13.1 Å². The molecular weight excluding hydrogens is 372 g/mol. The molecule has 7 nitrogen and oxygen atoms in total. The Hall–Kier alpha value is -2.19. The summed E-state index contributed by atoms with van der Waals surface area (Å²) in [6.07, 6.45) is 3.86. The van der Waals surface area contributed by atoms with E-state index in [4.69, 9.17) is 4.52 Å². The summed E-state index contributed by atoms with van der Waals surface area (Å²) in [6.45, 7) is 7.77. The largest absolute Gasteiger partial charge is 0.338 e. The predicted octanol–water partition coefficient (Wildman–Crippen LogP) is 3.86. The van der Waals surface area contributed by atoms with Gasteiger partial charge in [-0.05, 0) is 45.3 Å². The van der Waals surface area contributed by atoms with Gasteiger partial charge in [-0.25, -0.2) is 0 Å². The summed E-state index contributed by atoms with van der Waals surface area (Å²) in [7, 11) is 0. The van der Waals surface area contributed by atoms with Gasteiger partial charge in [0, 0.05) is 0 Å². The zero-order chi connectivity index (χ0) is 19.3. The normalized spacial score (nSPS) is 16.4. The molecule has 3 heterocycles. The summed E-state index contributed by atoms with van der Waals surface area (Å²) in [5.74, 6) is 2.29. The summed E-state index contributed by atoms with van der Waals surface area (Å²) in [5.41, 5.74) is 1.24. The first-order valence-corrected chi connectivity index (χ1v) is 10.7. The van der Waals surface area contributed by atoms with Crippen LogP contribution in [0.1, 0.15) is 54.5 Å². The lowest BCUT2D eigenvalue weighted by Gasteiger charge is -2.26. The van der Waals surface area contributed by atoms with E-state index in [-0.39, 0.29) is 5.25 Å². The van der Waals surface area contributed by atoms with Crippen molar-refractivity contribution in [3.05, 3.63) is 53.4 Å². The highest BCUT2D eigenvalue weighted by Gasteiger charge is 2.22. The molecule has 28 heavy (non-hydrogen) atoms. The van der Waals surface area contributed by atoms with Gasteiger partial charge in [-0.3, -0.25) is 4.90 Å². The molecule has 0 bridgehead atoms. The molecule has 0 saturated carbocycles. The van der Waals surface area contributed by atoms with Crippen molar-refractivity contribution in [1.82, 2.24) is 29.8 Å². The summed E-state index contributed by atoms with van der Waals surface area (Å²) in [6, 6.07) is 10.5. The Balaban J connectivity index is 1.57. The van der Waals surface area contributed by atoms with Crippen LogP contribution in [0.4, 0.5) is 0 Å². The van der Waals surface area contributed by atoms with Crippen LogP contribution >= 0.6 is 11.8 Å². The minimum Gasteiger partial charge on any atom is -0.338 e. The van der Waals surface area contributed by atoms with Crippen LogP contribution in [0.15, 0.2) is 40.0 Å². The van der Waals surface area contributed by atoms with Crippen molar-refractivity contribution < 1.29 is 4.52 Å². The number of aromatic nitrogens is 5. The monoisotopic (exact) mass is 398 g/mol. The van der Waals surface area contributed by atoms with Crippen LogP contribution in [0.25, 0.3) is 0 Å². The van der Waals surface area contributed by atoms with Crippen molar-refractivity contribution in [1.29, 1.82) is 0 Å². The fourth-order valence-electron chi connectivity index (χ4n) is 3.45. The van der Waals surface area contributed by atoms with Gasteiger partial charge in [-0.2, -0.15) is 4.98 Å². The SMILES string of the molecule is Cc1noc(C(C)Sc2nnc(CN3CCCCC3)n2Cc2ccccc2)n1. The fraction of sp³-hybridized carbons (Fsp3) is 0.500. The topological polar surface area (TPSA) is 72.9 Å². The molecule has 1 fully saturated rings. The van der Waals surface area contributed by atoms with Gasteiger partial charge in [0.25, 0.3) is 0 Å². The lowest BCUT2D eigenvalue weighted by Crippen LogP contribution is -2.30. The molecule has 0 aliphatic carbocycles. The number of aryl methyl sites for hydroxylation is 1. The van der Waals surface area contributed by atoms with Gasteiger partial charge in [-0.1, -0.05) is 53.7 Å². The Labute approximate surface area is 169 Å². The standard InChI is InChI=1S/C20H26N6OS/c1-15(19-21-16(2)24-27-19)28-20-23-22-18(14-25-11-7-4-8-12-25)26(20)13-17-9-5-3-6-10-17/h3,5-6,9-10,15H,4,7-8,11-14H2,1-2H3. The zero-order valence-corrected chi connectivity index (χ0v) is 17.2. The maximum atomic E-state index is 5.34. The third-order valence-electron chi connectivity index (χ3n) is 4.96. The van der Waals surface area contributed by atoms with Crippen molar-refractivity contribution in [2.24, 2.45) is 0 Å². The minimum absolute atomic E-state index is 0.0164. The average Bonchev–Trinajstić information content (AvgIpc) is 3.31. The Morgan fingerprint density at radius 2 is 1.86 bits per heavy atom. The number of likely N-dealkylation sites (tertiary alicyclic amines) is 1. The van der Waals surface area contributed by atoms with Gasteiger partial charge in [0.1, 0.15) is 5.82 Å². The minimum atomic E-state index is 0.0164. The predicted molar refractivity (Wildman–Crippen MR) is 108 cm³/mol. The maximum Gasteiger partial charge on any atom is 0.239 e. The molecule has 1 aliphatic heterocycles. The molecule has 0 radical (unpaired) electrons. The molecule has 4 rings (SSSR count). The highest BCUT2D eigenvalue weighted by molar-refractivity contribution is 7.99. The fourth-order valence-corrected chi connectivity index (χ4v) is 4.35. The number of nitrogens with zero attached hydrogens (tertiary/aromatic N) is 6. The molecule has 1 aromatic carbocycles. The number of rotatable bonds is 7. The third-order valence-corrected chi connectivity index (χ3v) is 6.03. The molecule has 148 valence electrons. The van der Waals surface area contributed by atoms with Crippen molar-refractivity contribution in [3.63, 3.8) is 0 Å². The molecule has 0 N–H and O–H groups in total. The van der Waals surface area contributed by atoms with Crippen LogP contribution in [-0.4, -0.2) is 42.9 Å². The highest BCUT2D eigenvalue weighted by atomic mass is 32.2. The van der Waals surface area contributed by atoms with Crippen LogP contribution < -0.4 is 0 Å². The van der Waals surface area contributed by atoms with Gasteiger partial charge < -0.3 is 9.09 Å². The first kappa shape index (κ1) is 19.1. The van der Waals surface area contributed by atoms with Crippen LogP contribution in [0.2, 0.25) is 0 Å². The van der Waals surface area contributed by atoms with Crippen LogP contribution in [-0.2, 0) is 13.1 Å². The van der Waals surface area contributed by atoms with E-state index in [1.165, 1.54) is 24.8 Å². The molecule has 3 aromatic rings. The van der Waals surface area contributed by atoms with Crippen LogP contribution in [0.5, 0.6) is 0 Å². The maximum absolute atomic E-state index is 5.34. The summed E-state index contributed by atoms with van der Waals surface area (Å²) in [5, 5.41) is 13.9. The van der Waals surface area contributed by atoms with E-state index in [0.717, 1.165) is 37.2 Å². The first-order valence-electron chi connectivity index (χ1n) is 9.84. The zero-order valence-electron chi connectivity index (χ0n) is 16.4. The summed E-state index contributed by atoms with van der Waals surface area (Å²) < 4.78 is 7.57. The van der Waals surface area contributed by atoms with E-state index in [9.17, 15) is 0 Å². The van der Waals surface area contributed by atoms with E-state index >= 15 is 0 Å². The second-order valence-corrected chi connectivity index (χ2v) is 8.56. The van der Waals surface area contributed by atoms with E-state index in [1.807, 2.05) is 13.0 Å². The van der Waals surface area contributed by atoms with Crippen molar-refractivity contribution in [3.8, 4) is 0 Å². The molecule has 2 aromatic heterocycles. The lowest BCUT2D eigenvalue weighted by atomic mass is 10.1. The molecule has 1 aliphatic rings. The Bertz CT molecular complexity index is 887. The smallest absolute Gasteiger partial charge is 0.239 e. The van der Waals surface area contributed by atoms with Gasteiger partial charge in [-0.15, -0.1) is 10.2 Å². The second kappa shape index (κ2) is 8.87. The average molecular weight is 399 g/mol. The number of benzene rings is 1. The molecule has 8 heteroatoms. The van der Waals surface area contributed by atoms with Gasteiger partial charge >= 0.3 is 0 Å². The molecule has 0 spiro atoms. The third kappa shape index (κ3) is 4.62. The molecule has 1 saturated heterocycles. The van der Waals surface area contributed by atoms with E-state index in [2.05, 4.69) is 61.0 Å². The Kier molecular flexibility index (Phi) is 6.07. The van der Waals surface area contributed by atoms with E-state index in [1.54, 1.807) is 11.8 Å². The summed E-state index contributed by atoms with van der Waals surface area (Å²) in [4.78, 5) is 6.84. The number of hydrogen-bond acceptors (Lipinski definition) is 7. The quantitative estimate of drug-likeness (QED) is 0.560. The van der Waals surface area contributed by atoms with Gasteiger partial charge in [0.2, 0.25) is 5.89 Å². The van der Waals surface area contributed by atoms with Crippen molar-refractivity contribution >= 4 is 11.8 Å². The van der Waals surface area contributed by atoms with Crippen molar-refractivity contribution in [2.45, 2.75) is 56.6 Å². The lowest BCUT2D eigenvalue weighted by molar-refractivity contribution is 0.213. The molecular formula is C20H26N6OS. The number of hydrogen-bond donors (Lipinski definition) is 0. The first-order chi connectivity index (χ1) is 13.7. The number of thioether (sulfide) groups is 1. The Morgan fingerprint density at radius 1 is 1.07 bits per heavy atom. The van der Waals surface area contributed by atoms with E-state index in [0.29, 0.717) is 11.7 Å². The molecule has 1 unspecified atom stereocenters.